The molecule has 244 valence electrons. The van der Waals surface area contributed by atoms with E-state index in [9.17, 15) is 22.8 Å². The molecule has 2 atom stereocenters. The van der Waals surface area contributed by atoms with Gasteiger partial charge in [-0.15, -0.1) is 0 Å². The van der Waals surface area contributed by atoms with Gasteiger partial charge in [-0.05, 0) is 77.6 Å². The third-order valence-electron chi connectivity index (χ3n) is 10.6. The van der Waals surface area contributed by atoms with Crippen LogP contribution in [0.25, 0.3) is 11.3 Å². The van der Waals surface area contributed by atoms with E-state index >= 15 is 0 Å². The zero-order valence-corrected chi connectivity index (χ0v) is 26.3. The monoisotopic (exact) mass is 628 g/mol. The Balaban J connectivity index is 1.30. The summed E-state index contributed by atoms with van der Waals surface area (Å²) in [4.78, 5) is 43.1. The van der Waals surface area contributed by atoms with Crippen molar-refractivity contribution in [3.05, 3.63) is 36.3 Å². The molecule has 2 aromatic heterocycles. The van der Waals surface area contributed by atoms with Crippen LogP contribution in [0.15, 0.2) is 30.6 Å². The Labute approximate surface area is 262 Å². The third kappa shape index (κ3) is 5.74. The van der Waals surface area contributed by atoms with Crippen molar-refractivity contribution in [2.75, 3.05) is 51.3 Å². The Hall–Kier alpha value is -3.41. The number of piperazine rings is 1. The van der Waals surface area contributed by atoms with Crippen LogP contribution in [0.2, 0.25) is 0 Å². The highest BCUT2D eigenvalue weighted by molar-refractivity contribution is 5.99. The normalized spacial score (nSPS) is 28.5. The second-order valence-electron chi connectivity index (χ2n) is 13.3. The van der Waals surface area contributed by atoms with Crippen LogP contribution in [0.1, 0.15) is 69.3 Å². The number of carbonyl (C=O) groups is 2. The van der Waals surface area contributed by atoms with Gasteiger partial charge in [0, 0.05) is 62.3 Å². The van der Waals surface area contributed by atoms with Crippen molar-refractivity contribution in [3.63, 3.8) is 0 Å². The lowest BCUT2D eigenvalue weighted by molar-refractivity contribution is -0.220. The summed E-state index contributed by atoms with van der Waals surface area (Å²) in [5.74, 6) is 0.115. The minimum absolute atomic E-state index is 0.00268. The van der Waals surface area contributed by atoms with Gasteiger partial charge in [-0.2, -0.15) is 13.2 Å². The van der Waals surface area contributed by atoms with E-state index in [1.807, 2.05) is 39.1 Å². The summed E-state index contributed by atoms with van der Waals surface area (Å²) in [5, 5.41) is 3.18. The highest BCUT2D eigenvalue weighted by Crippen LogP contribution is 2.67. The first-order chi connectivity index (χ1) is 21.5. The van der Waals surface area contributed by atoms with Crippen LogP contribution in [0, 0.1) is 10.8 Å². The number of anilines is 1. The molecule has 12 heteroatoms. The van der Waals surface area contributed by atoms with Gasteiger partial charge < -0.3 is 24.8 Å². The van der Waals surface area contributed by atoms with Gasteiger partial charge in [-0.1, -0.05) is 6.92 Å². The lowest BCUT2D eigenvalue weighted by Gasteiger charge is -2.45. The molecule has 9 nitrogen and oxygen atoms in total. The molecule has 4 aliphatic rings. The van der Waals surface area contributed by atoms with Gasteiger partial charge in [0.2, 0.25) is 5.91 Å². The Morgan fingerprint density at radius 2 is 1.89 bits per heavy atom. The molecule has 0 radical (unpaired) electrons. The number of alkyl halides is 3. The maximum atomic E-state index is 14.0. The fourth-order valence-corrected chi connectivity index (χ4v) is 8.08. The van der Waals surface area contributed by atoms with Crippen molar-refractivity contribution in [1.82, 2.24) is 25.1 Å². The number of nitrogens with zero attached hydrogens (tertiary/aromatic N) is 5. The molecule has 2 saturated heterocycles. The molecule has 2 aliphatic heterocycles. The smallest absolute Gasteiger partial charge is 0.394 e. The Morgan fingerprint density at radius 3 is 2.49 bits per heavy atom. The average Bonchev–Trinajstić information content (AvgIpc) is 3.76. The lowest BCUT2D eigenvalue weighted by Crippen LogP contribution is -2.57. The number of hydrogen-bond acceptors (Lipinski definition) is 7. The minimum atomic E-state index is -4.28. The minimum Gasteiger partial charge on any atom is -0.492 e. The molecule has 2 bridgehead atoms. The van der Waals surface area contributed by atoms with E-state index in [-0.39, 0.29) is 48.9 Å². The number of likely N-dealkylation sites (N-methyl/N-ethyl adjacent to an activating group) is 1. The molecule has 2 aromatic rings. The van der Waals surface area contributed by atoms with Crippen LogP contribution in [0.3, 0.4) is 0 Å². The van der Waals surface area contributed by atoms with Gasteiger partial charge in [0.25, 0.3) is 5.91 Å². The lowest BCUT2D eigenvalue weighted by atomic mass is 9.81. The number of halogens is 3. The molecule has 45 heavy (non-hydrogen) atoms. The summed E-state index contributed by atoms with van der Waals surface area (Å²) in [6.45, 7) is 7.13. The summed E-state index contributed by atoms with van der Waals surface area (Å²) < 4.78 is 47.9. The van der Waals surface area contributed by atoms with Crippen LogP contribution in [-0.2, 0) is 4.79 Å². The zero-order valence-electron chi connectivity index (χ0n) is 26.3. The molecule has 0 spiro atoms. The van der Waals surface area contributed by atoms with Gasteiger partial charge >= 0.3 is 6.18 Å². The van der Waals surface area contributed by atoms with Crippen molar-refractivity contribution in [1.29, 1.82) is 0 Å². The second kappa shape index (κ2) is 12.1. The maximum absolute atomic E-state index is 14.0. The predicted octanol–water partition coefficient (Wildman–Crippen LogP) is 4.92. The Bertz CT molecular complexity index is 1410. The number of carbonyl (C=O) groups excluding carboxylic acids is 2. The number of likely N-dealkylation sites (tertiary alicyclic amines) is 1. The fourth-order valence-electron chi connectivity index (χ4n) is 8.08. The predicted molar refractivity (Wildman–Crippen MR) is 164 cm³/mol. The average molecular weight is 629 g/mol. The van der Waals surface area contributed by atoms with E-state index in [1.54, 1.807) is 17.3 Å². The third-order valence-corrected chi connectivity index (χ3v) is 10.6. The van der Waals surface area contributed by atoms with Crippen LogP contribution in [-0.4, -0.2) is 96.2 Å². The molecule has 6 rings (SSSR count). The highest BCUT2D eigenvalue weighted by atomic mass is 19.4. The van der Waals surface area contributed by atoms with Gasteiger partial charge in [0.15, 0.2) is 5.69 Å². The fraction of sp³-hybridized carbons (Fsp3) is 0.636. The maximum Gasteiger partial charge on any atom is 0.394 e. The standard InChI is InChI=1S/C33H43F3N6O3/c1-4-24-20-41(30(44)31-9-11-32(21-31,12-10-31)33(34,35)36)15-16-42(24)25-17-26(45-5-2)27(22-7-6-13-37-18-22)39-28(25)29(43)38-23-8-14-40(3)19-23/h6-7,13,17-18,23-24H,4-5,8-12,14-16,19-21H2,1-3H3,(H,38,43)/t23-,24-,31?,32?/m1/s1. The quantitative estimate of drug-likeness (QED) is 0.444. The van der Waals surface area contributed by atoms with Crippen molar-refractivity contribution < 1.29 is 27.5 Å². The van der Waals surface area contributed by atoms with Gasteiger partial charge in [-0.25, -0.2) is 4.98 Å². The summed E-state index contributed by atoms with van der Waals surface area (Å²) >= 11 is 0. The molecule has 1 N–H and O–H groups in total. The van der Waals surface area contributed by atoms with Crippen LogP contribution in [0.4, 0.5) is 18.9 Å². The number of aromatic nitrogens is 2. The Morgan fingerprint density at radius 1 is 1.11 bits per heavy atom. The highest BCUT2D eigenvalue weighted by Gasteiger charge is 2.68. The SMILES string of the molecule is CCOc1cc(N2CCN(C(=O)C34CCC(C(F)(F)F)(CC3)C4)C[C@H]2CC)c(C(=O)N[C@@H]2CCN(C)C2)nc1-c1cccnc1. The first kappa shape index (κ1) is 31.6. The van der Waals surface area contributed by atoms with E-state index in [0.717, 1.165) is 25.1 Å². The first-order valence-corrected chi connectivity index (χ1v) is 16.2. The summed E-state index contributed by atoms with van der Waals surface area (Å²) in [5.41, 5.74) is -0.478. The molecule has 4 fully saturated rings. The number of amides is 2. The number of nitrogens with one attached hydrogen (secondary N) is 1. The van der Waals surface area contributed by atoms with E-state index < -0.39 is 17.0 Å². The van der Waals surface area contributed by atoms with Gasteiger partial charge in [0.05, 0.1) is 23.1 Å². The summed E-state index contributed by atoms with van der Waals surface area (Å²) in [7, 11) is 2.03. The number of ether oxygens (including phenoxy) is 1. The number of fused-ring (bicyclic) bond motifs is 2. The number of pyridine rings is 2. The molecule has 4 heterocycles. The molecule has 0 aromatic carbocycles. The molecule has 0 unspecified atom stereocenters. The topological polar surface area (TPSA) is 90.9 Å². The van der Waals surface area contributed by atoms with Gasteiger partial charge in [-0.3, -0.25) is 14.6 Å². The van der Waals surface area contributed by atoms with Crippen LogP contribution in [0.5, 0.6) is 5.75 Å². The first-order valence-electron chi connectivity index (χ1n) is 16.2. The number of hydrogen-bond donors (Lipinski definition) is 1. The molecule has 2 amide bonds. The largest absolute Gasteiger partial charge is 0.492 e. The van der Waals surface area contributed by atoms with Crippen molar-refractivity contribution >= 4 is 17.5 Å². The van der Waals surface area contributed by atoms with Crippen LogP contribution >= 0.6 is 0 Å². The van der Waals surface area contributed by atoms with E-state index in [2.05, 4.69) is 20.1 Å². The van der Waals surface area contributed by atoms with E-state index in [4.69, 9.17) is 9.72 Å². The number of rotatable bonds is 8. The molecule has 2 aliphatic carbocycles. The zero-order chi connectivity index (χ0) is 32.0. The Kier molecular flexibility index (Phi) is 8.47. The van der Waals surface area contributed by atoms with Crippen molar-refractivity contribution in [2.45, 2.75) is 77.1 Å². The molecule has 2 saturated carbocycles. The van der Waals surface area contributed by atoms with Crippen molar-refractivity contribution in [2.24, 2.45) is 10.8 Å². The second-order valence-corrected chi connectivity index (χ2v) is 13.3. The van der Waals surface area contributed by atoms with Crippen LogP contribution < -0.4 is 15.0 Å². The summed E-state index contributed by atoms with van der Waals surface area (Å²) in [6.07, 6.45) is 1.15. The van der Waals surface area contributed by atoms with E-state index in [0.29, 0.717) is 62.6 Å². The van der Waals surface area contributed by atoms with E-state index in [1.165, 1.54) is 0 Å². The van der Waals surface area contributed by atoms with Gasteiger partial charge in [0.1, 0.15) is 11.4 Å². The molecular weight excluding hydrogens is 585 g/mol. The molecular formula is C33H43F3N6O3. The summed E-state index contributed by atoms with van der Waals surface area (Å²) in [6, 6.07) is 5.41. The van der Waals surface area contributed by atoms with Crippen molar-refractivity contribution in [3.8, 4) is 17.0 Å².